The first-order valence-corrected chi connectivity index (χ1v) is 6.41. The van der Waals surface area contributed by atoms with E-state index in [4.69, 9.17) is 16.0 Å². The Balaban J connectivity index is 2.19. The molecule has 4 heteroatoms. The molecule has 90 valence electrons. The summed E-state index contributed by atoms with van der Waals surface area (Å²) in [5, 5.41) is 10.8. The van der Waals surface area contributed by atoms with Crippen molar-refractivity contribution in [1.82, 2.24) is 0 Å². The Morgan fingerprint density at radius 3 is 2.76 bits per heavy atom. The predicted molar refractivity (Wildman–Crippen MR) is 71.3 cm³/mol. The quantitative estimate of drug-likeness (QED) is 0.917. The lowest BCUT2D eigenvalue weighted by Crippen LogP contribution is -2.02. The van der Waals surface area contributed by atoms with Crippen molar-refractivity contribution in [2.45, 2.75) is 19.4 Å². The monoisotopic (exact) mass is 314 g/mol. The molecule has 1 N–H and O–H groups in total. The summed E-state index contributed by atoms with van der Waals surface area (Å²) >= 11 is 9.46. The van der Waals surface area contributed by atoms with Gasteiger partial charge in [-0.25, -0.2) is 0 Å². The predicted octanol–water partition coefficient (Wildman–Crippen LogP) is 4.28. The van der Waals surface area contributed by atoms with Crippen molar-refractivity contribution in [1.29, 1.82) is 0 Å². The first-order chi connectivity index (χ1) is 8.08. The lowest BCUT2D eigenvalue weighted by Gasteiger charge is -2.11. The van der Waals surface area contributed by atoms with E-state index in [2.05, 4.69) is 15.9 Å². The number of aliphatic hydroxyl groups is 1. The lowest BCUT2D eigenvalue weighted by atomic mass is 10.0. The minimum absolute atomic E-state index is 0.479. The van der Waals surface area contributed by atoms with E-state index < -0.39 is 6.10 Å². The molecule has 17 heavy (non-hydrogen) atoms. The fourth-order valence-corrected chi connectivity index (χ4v) is 2.50. The number of aryl methyl sites for hydroxylation is 1. The van der Waals surface area contributed by atoms with Gasteiger partial charge in [-0.15, -0.1) is 0 Å². The van der Waals surface area contributed by atoms with Crippen LogP contribution in [0.3, 0.4) is 0 Å². The van der Waals surface area contributed by atoms with Gasteiger partial charge in [0.1, 0.15) is 5.76 Å². The zero-order chi connectivity index (χ0) is 12.4. The molecule has 1 unspecified atom stereocenters. The van der Waals surface area contributed by atoms with Crippen LogP contribution in [0.25, 0.3) is 0 Å². The molecule has 0 saturated carbocycles. The minimum Gasteiger partial charge on any atom is -0.469 e. The number of halogens is 2. The third kappa shape index (κ3) is 2.92. The third-order valence-corrected chi connectivity index (χ3v) is 3.53. The normalized spacial score (nSPS) is 12.7. The first kappa shape index (κ1) is 12.7. The van der Waals surface area contributed by atoms with Gasteiger partial charge in [0.2, 0.25) is 0 Å². The van der Waals surface area contributed by atoms with E-state index >= 15 is 0 Å². The van der Waals surface area contributed by atoms with Crippen LogP contribution in [0.15, 0.2) is 39.4 Å². The summed E-state index contributed by atoms with van der Waals surface area (Å²) in [6, 6.07) is 7.43. The van der Waals surface area contributed by atoms with Crippen LogP contribution < -0.4 is 0 Å². The maximum atomic E-state index is 10.1. The summed E-state index contributed by atoms with van der Waals surface area (Å²) in [4.78, 5) is 0. The van der Waals surface area contributed by atoms with Crippen LogP contribution >= 0.6 is 27.5 Å². The summed E-state index contributed by atoms with van der Waals surface area (Å²) in [5.41, 5.74) is 1.73. The zero-order valence-corrected chi connectivity index (χ0v) is 11.6. The first-order valence-electron chi connectivity index (χ1n) is 5.24. The molecule has 1 heterocycles. The highest BCUT2D eigenvalue weighted by Gasteiger charge is 2.14. The summed E-state index contributed by atoms with van der Waals surface area (Å²) < 4.78 is 6.10. The van der Waals surface area contributed by atoms with Crippen LogP contribution in [0.2, 0.25) is 5.02 Å². The Kier molecular flexibility index (Phi) is 3.92. The molecule has 2 rings (SSSR count). The van der Waals surface area contributed by atoms with Gasteiger partial charge in [0.05, 0.1) is 12.4 Å². The van der Waals surface area contributed by atoms with Gasteiger partial charge in [0.25, 0.3) is 0 Å². The van der Waals surface area contributed by atoms with Gasteiger partial charge in [-0.1, -0.05) is 33.6 Å². The van der Waals surface area contributed by atoms with E-state index in [9.17, 15) is 5.11 Å². The van der Waals surface area contributed by atoms with Crippen molar-refractivity contribution in [3.05, 3.63) is 56.9 Å². The summed E-state index contributed by atoms with van der Waals surface area (Å²) in [5.74, 6) is 0.741. The Morgan fingerprint density at radius 2 is 2.18 bits per heavy atom. The molecule has 0 bridgehead atoms. The molecule has 0 radical (unpaired) electrons. The van der Waals surface area contributed by atoms with Gasteiger partial charge >= 0.3 is 0 Å². The molecular formula is C13H12BrClO2. The Labute approximate surface area is 113 Å². The third-order valence-electron chi connectivity index (χ3n) is 2.69. The number of hydrogen-bond donors (Lipinski definition) is 1. The molecule has 2 nitrogen and oxygen atoms in total. The van der Waals surface area contributed by atoms with E-state index in [1.807, 2.05) is 25.1 Å². The van der Waals surface area contributed by atoms with Crippen molar-refractivity contribution in [3.8, 4) is 0 Å². The van der Waals surface area contributed by atoms with E-state index in [-0.39, 0.29) is 0 Å². The van der Waals surface area contributed by atoms with Crippen LogP contribution in [-0.4, -0.2) is 5.11 Å². The van der Waals surface area contributed by atoms with Crippen LogP contribution in [0.1, 0.15) is 23.0 Å². The second-order valence-electron chi connectivity index (χ2n) is 3.89. The number of hydrogen-bond acceptors (Lipinski definition) is 2. The topological polar surface area (TPSA) is 33.4 Å². The van der Waals surface area contributed by atoms with Crippen LogP contribution in [0.4, 0.5) is 0 Å². The second-order valence-corrected chi connectivity index (χ2v) is 5.21. The zero-order valence-electron chi connectivity index (χ0n) is 9.28. The molecule has 1 aromatic heterocycles. The Hall–Kier alpha value is -0.770. The lowest BCUT2D eigenvalue weighted by molar-refractivity contribution is 0.176. The number of benzene rings is 1. The molecule has 0 saturated heterocycles. The molecule has 1 atom stereocenters. The minimum atomic E-state index is -0.590. The van der Waals surface area contributed by atoms with Gasteiger partial charge < -0.3 is 9.52 Å². The fraction of sp³-hybridized carbons (Fsp3) is 0.231. The smallest absolute Gasteiger partial charge is 0.106 e. The molecule has 0 aliphatic carbocycles. The van der Waals surface area contributed by atoms with E-state index in [0.717, 1.165) is 21.4 Å². The maximum Gasteiger partial charge on any atom is 0.106 e. The molecule has 0 spiro atoms. The molecule has 0 aliphatic rings. The van der Waals surface area contributed by atoms with Crippen molar-refractivity contribution in [3.63, 3.8) is 0 Å². The average molecular weight is 316 g/mol. The summed E-state index contributed by atoms with van der Waals surface area (Å²) in [7, 11) is 0. The molecule has 2 aromatic rings. The highest BCUT2D eigenvalue weighted by molar-refractivity contribution is 9.10. The van der Waals surface area contributed by atoms with Crippen molar-refractivity contribution >= 4 is 27.5 Å². The summed E-state index contributed by atoms with van der Waals surface area (Å²) in [6.07, 6.45) is 1.47. The van der Waals surface area contributed by atoms with Crippen LogP contribution in [0, 0.1) is 6.92 Å². The highest BCUT2D eigenvalue weighted by atomic mass is 79.9. The standard InChI is InChI=1S/C13H12BrClO2/c1-8-11(4-5-17-8)13(16)6-9-2-3-10(14)7-12(9)15/h2-5,7,13,16H,6H2,1H3. The van der Waals surface area contributed by atoms with Crippen molar-refractivity contribution < 1.29 is 9.52 Å². The SMILES string of the molecule is Cc1occc1C(O)Cc1ccc(Br)cc1Cl. The van der Waals surface area contributed by atoms with E-state index in [1.165, 1.54) is 0 Å². The van der Waals surface area contributed by atoms with Crippen LogP contribution in [-0.2, 0) is 6.42 Å². The van der Waals surface area contributed by atoms with E-state index in [1.54, 1.807) is 12.3 Å². The number of furan rings is 1. The molecule has 0 aliphatic heterocycles. The second kappa shape index (κ2) is 5.25. The number of aliphatic hydroxyl groups excluding tert-OH is 1. The average Bonchev–Trinajstić information content (AvgIpc) is 2.68. The highest BCUT2D eigenvalue weighted by Crippen LogP contribution is 2.27. The van der Waals surface area contributed by atoms with Gasteiger partial charge in [-0.05, 0) is 30.7 Å². The summed E-state index contributed by atoms with van der Waals surface area (Å²) in [6.45, 7) is 1.84. The molecule has 0 fully saturated rings. The van der Waals surface area contributed by atoms with E-state index in [0.29, 0.717) is 11.4 Å². The Morgan fingerprint density at radius 1 is 1.41 bits per heavy atom. The number of rotatable bonds is 3. The maximum absolute atomic E-state index is 10.1. The largest absolute Gasteiger partial charge is 0.469 e. The van der Waals surface area contributed by atoms with Gasteiger partial charge in [-0.3, -0.25) is 0 Å². The molecule has 0 amide bonds. The Bertz CT molecular complexity index is 522. The van der Waals surface area contributed by atoms with Gasteiger partial charge in [0.15, 0.2) is 0 Å². The van der Waals surface area contributed by atoms with Crippen LogP contribution in [0.5, 0.6) is 0 Å². The molecule has 1 aromatic carbocycles. The van der Waals surface area contributed by atoms with Crippen molar-refractivity contribution in [2.24, 2.45) is 0 Å². The van der Waals surface area contributed by atoms with Gasteiger partial charge in [-0.2, -0.15) is 0 Å². The fourth-order valence-electron chi connectivity index (χ4n) is 1.75. The van der Waals surface area contributed by atoms with Gasteiger partial charge in [0, 0.05) is 21.5 Å². The van der Waals surface area contributed by atoms with Crippen molar-refractivity contribution in [2.75, 3.05) is 0 Å². The molecular weight excluding hydrogens is 303 g/mol.